The lowest BCUT2D eigenvalue weighted by Gasteiger charge is -2.51. The van der Waals surface area contributed by atoms with E-state index in [0.29, 0.717) is 0 Å². The molecular weight excluding hydrogens is 184 g/mol. The average Bonchev–Trinajstić information content (AvgIpc) is 2.30. The number of nitrogens with zero attached hydrogens (tertiary/aromatic N) is 1. The number of hydrazine groups is 1. The first-order chi connectivity index (χ1) is 7.36. The summed E-state index contributed by atoms with van der Waals surface area (Å²) in [7, 11) is 0. The number of hydrogen-bond donors (Lipinski definition) is 1. The van der Waals surface area contributed by atoms with Gasteiger partial charge in [-0.15, -0.1) is 0 Å². The van der Waals surface area contributed by atoms with Crippen LogP contribution in [0, 0.1) is 11.8 Å². The molecule has 1 saturated heterocycles. The second kappa shape index (κ2) is 4.06. The van der Waals surface area contributed by atoms with Crippen molar-refractivity contribution in [1.29, 1.82) is 0 Å². The molecular formula is C13H24N2. The number of hydrogen-bond acceptors (Lipinski definition) is 2. The number of piperidine rings is 1. The Morgan fingerprint density at radius 1 is 0.733 bits per heavy atom. The largest absolute Gasteiger partial charge is 0.268 e. The Hall–Kier alpha value is -0.0800. The van der Waals surface area contributed by atoms with Gasteiger partial charge in [0.25, 0.3) is 0 Å². The molecule has 0 aromatic heterocycles. The molecule has 0 aromatic rings. The van der Waals surface area contributed by atoms with Gasteiger partial charge in [0.05, 0.1) is 0 Å². The van der Waals surface area contributed by atoms with E-state index in [1.54, 1.807) is 0 Å². The van der Waals surface area contributed by atoms with Gasteiger partial charge in [-0.1, -0.05) is 25.7 Å². The Kier molecular flexibility index (Phi) is 2.73. The molecule has 4 unspecified atom stereocenters. The van der Waals surface area contributed by atoms with Gasteiger partial charge in [0, 0.05) is 12.1 Å². The molecule has 3 aliphatic rings. The predicted octanol–water partition coefficient (Wildman–Crippen LogP) is 2.68. The third-order valence-corrected chi connectivity index (χ3v) is 5.11. The van der Waals surface area contributed by atoms with E-state index in [1.165, 1.54) is 57.8 Å². The van der Waals surface area contributed by atoms with E-state index in [-0.39, 0.29) is 0 Å². The SMILES string of the molecule is NN1C2CCCCC2CC2CCCCC21. The van der Waals surface area contributed by atoms with Crippen molar-refractivity contribution >= 4 is 0 Å². The summed E-state index contributed by atoms with van der Waals surface area (Å²) < 4.78 is 0. The van der Waals surface area contributed by atoms with Crippen LogP contribution >= 0.6 is 0 Å². The van der Waals surface area contributed by atoms with Gasteiger partial charge >= 0.3 is 0 Å². The molecule has 2 aliphatic carbocycles. The van der Waals surface area contributed by atoms with Crippen LogP contribution in [0.5, 0.6) is 0 Å². The van der Waals surface area contributed by atoms with Gasteiger partial charge in [-0.2, -0.15) is 0 Å². The first kappa shape index (κ1) is 10.1. The number of rotatable bonds is 0. The molecule has 1 heterocycles. The Morgan fingerprint density at radius 2 is 1.20 bits per heavy atom. The van der Waals surface area contributed by atoms with Crippen molar-refractivity contribution in [3.05, 3.63) is 0 Å². The van der Waals surface area contributed by atoms with Crippen LogP contribution in [0.4, 0.5) is 0 Å². The molecule has 0 radical (unpaired) electrons. The van der Waals surface area contributed by atoms with Crippen LogP contribution in [0.3, 0.4) is 0 Å². The van der Waals surface area contributed by atoms with Gasteiger partial charge in [-0.3, -0.25) is 5.84 Å². The highest BCUT2D eigenvalue weighted by Gasteiger charge is 2.42. The maximum absolute atomic E-state index is 6.38. The summed E-state index contributed by atoms with van der Waals surface area (Å²) in [6.07, 6.45) is 12.8. The Balaban J connectivity index is 1.76. The van der Waals surface area contributed by atoms with Crippen LogP contribution < -0.4 is 5.84 Å². The lowest BCUT2D eigenvalue weighted by molar-refractivity contribution is -0.0395. The zero-order chi connectivity index (χ0) is 10.3. The summed E-state index contributed by atoms with van der Waals surface area (Å²) in [5, 5.41) is 2.29. The van der Waals surface area contributed by atoms with Crippen LogP contribution in [-0.2, 0) is 0 Å². The van der Waals surface area contributed by atoms with Crippen molar-refractivity contribution in [2.24, 2.45) is 17.7 Å². The summed E-state index contributed by atoms with van der Waals surface area (Å²) in [5.74, 6) is 8.24. The summed E-state index contributed by atoms with van der Waals surface area (Å²) in [5.41, 5.74) is 0. The Labute approximate surface area is 93.2 Å². The van der Waals surface area contributed by atoms with Crippen LogP contribution in [0.2, 0.25) is 0 Å². The first-order valence-electron chi connectivity index (χ1n) is 6.89. The van der Waals surface area contributed by atoms with E-state index in [9.17, 15) is 0 Å². The van der Waals surface area contributed by atoms with Gasteiger partial charge in [0.2, 0.25) is 0 Å². The van der Waals surface area contributed by atoms with Crippen molar-refractivity contribution in [3.8, 4) is 0 Å². The number of fused-ring (bicyclic) bond motifs is 2. The third-order valence-electron chi connectivity index (χ3n) is 5.11. The van der Waals surface area contributed by atoms with Crippen molar-refractivity contribution in [2.45, 2.75) is 69.9 Å². The third kappa shape index (κ3) is 1.72. The second-order valence-corrected chi connectivity index (χ2v) is 5.91. The summed E-state index contributed by atoms with van der Waals surface area (Å²) >= 11 is 0. The molecule has 3 rings (SSSR count). The van der Waals surface area contributed by atoms with E-state index < -0.39 is 0 Å². The summed E-state index contributed by atoms with van der Waals surface area (Å²) in [6, 6.07) is 1.47. The Bertz CT molecular complexity index is 207. The van der Waals surface area contributed by atoms with Crippen LogP contribution in [0.25, 0.3) is 0 Å². The topological polar surface area (TPSA) is 29.3 Å². The van der Waals surface area contributed by atoms with Crippen molar-refractivity contribution in [3.63, 3.8) is 0 Å². The smallest absolute Gasteiger partial charge is 0.0272 e. The fourth-order valence-electron chi connectivity index (χ4n) is 4.35. The molecule has 0 bridgehead atoms. The standard InChI is InChI=1S/C13H24N2/c14-15-12-7-3-1-5-10(12)9-11-6-2-4-8-13(11)15/h10-13H,1-9,14H2. The zero-order valence-corrected chi connectivity index (χ0v) is 9.70. The second-order valence-electron chi connectivity index (χ2n) is 5.91. The van der Waals surface area contributed by atoms with E-state index in [1.807, 2.05) is 0 Å². The maximum Gasteiger partial charge on any atom is 0.0272 e. The molecule has 2 nitrogen and oxygen atoms in total. The normalized spacial score (nSPS) is 47.0. The van der Waals surface area contributed by atoms with Gasteiger partial charge in [-0.05, 0) is 43.9 Å². The molecule has 4 atom stereocenters. The monoisotopic (exact) mass is 208 g/mol. The van der Waals surface area contributed by atoms with Crippen LogP contribution in [-0.4, -0.2) is 17.1 Å². The molecule has 2 heteroatoms. The van der Waals surface area contributed by atoms with E-state index in [4.69, 9.17) is 5.84 Å². The fourth-order valence-corrected chi connectivity index (χ4v) is 4.35. The molecule has 2 saturated carbocycles. The zero-order valence-electron chi connectivity index (χ0n) is 9.70. The molecule has 0 aromatic carbocycles. The molecule has 3 fully saturated rings. The van der Waals surface area contributed by atoms with Crippen LogP contribution in [0.15, 0.2) is 0 Å². The highest BCUT2D eigenvalue weighted by Crippen LogP contribution is 2.43. The van der Waals surface area contributed by atoms with Crippen molar-refractivity contribution < 1.29 is 0 Å². The van der Waals surface area contributed by atoms with E-state index >= 15 is 0 Å². The fraction of sp³-hybridized carbons (Fsp3) is 1.00. The van der Waals surface area contributed by atoms with Gasteiger partial charge in [0.15, 0.2) is 0 Å². The molecule has 15 heavy (non-hydrogen) atoms. The molecule has 86 valence electrons. The molecule has 0 amide bonds. The minimum Gasteiger partial charge on any atom is -0.268 e. The van der Waals surface area contributed by atoms with Gasteiger partial charge in [0.1, 0.15) is 0 Å². The minimum atomic E-state index is 0.734. The van der Waals surface area contributed by atoms with Gasteiger partial charge < -0.3 is 0 Å². The summed E-state index contributed by atoms with van der Waals surface area (Å²) in [6.45, 7) is 0. The summed E-state index contributed by atoms with van der Waals surface area (Å²) in [4.78, 5) is 0. The highest BCUT2D eigenvalue weighted by molar-refractivity contribution is 4.95. The minimum absolute atomic E-state index is 0.734. The van der Waals surface area contributed by atoms with Crippen molar-refractivity contribution in [1.82, 2.24) is 5.01 Å². The van der Waals surface area contributed by atoms with Crippen molar-refractivity contribution in [2.75, 3.05) is 0 Å². The lowest BCUT2D eigenvalue weighted by atomic mass is 9.69. The highest BCUT2D eigenvalue weighted by atomic mass is 15.4. The number of nitrogens with two attached hydrogens (primary N) is 1. The lowest BCUT2D eigenvalue weighted by Crippen LogP contribution is -2.59. The predicted molar refractivity (Wildman–Crippen MR) is 62.1 cm³/mol. The van der Waals surface area contributed by atoms with Gasteiger partial charge in [-0.25, -0.2) is 5.01 Å². The van der Waals surface area contributed by atoms with Crippen LogP contribution in [0.1, 0.15) is 57.8 Å². The maximum atomic E-state index is 6.38. The quantitative estimate of drug-likeness (QED) is 0.620. The molecule has 0 spiro atoms. The van der Waals surface area contributed by atoms with E-state index in [0.717, 1.165) is 23.9 Å². The van der Waals surface area contributed by atoms with E-state index in [2.05, 4.69) is 5.01 Å². The Morgan fingerprint density at radius 3 is 1.73 bits per heavy atom. The molecule has 1 aliphatic heterocycles. The molecule has 2 N–H and O–H groups in total. The first-order valence-corrected chi connectivity index (χ1v) is 6.89. The average molecular weight is 208 g/mol.